The Hall–Kier alpha value is -2.71. The van der Waals surface area contributed by atoms with Crippen molar-refractivity contribution >= 4 is 18.7 Å². The molecule has 1 aliphatic heterocycles. The van der Waals surface area contributed by atoms with E-state index in [-0.39, 0.29) is 11.6 Å². The number of hydrogen-bond donors (Lipinski definition) is 1. The highest BCUT2D eigenvalue weighted by molar-refractivity contribution is 6.99. The highest BCUT2D eigenvalue weighted by atomic mass is 28.4. The molecule has 190 valence electrons. The minimum absolute atomic E-state index is 0.135. The molecule has 0 spiro atoms. The van der Waals surface area contributed by atoms with Gasteiger partial charge in [0.1, 0.15) is 18.3 Å². The van der Waals surface area contributed by atoms with Gasteiger partial charge in [0, 0.05) is 0 Å². The molecule has 0 aromatic heterocycles. The number of aliphatic hydroxyl groups excluding tert-OH is 1. The van der Waals surface area contributed by atoms with Gasteiger partial charge in [-0.1, -0.05) is 106 Å². The molecule has 0 unspecified atom stereocenters. The van der Waals surface area contributed by atoms with E-state index in [0.29, 0.717) is 5.56 Å². The summed E-state index contributed by atoms with van der Waals surface area (Å²) < 4.78 is 52.0. The summed E-state index contributed by atoms with van der Waals surface area (Å²) in [5.74, 6) is 0. The van der Waals surface area contributed by atoms with Crippen LogP contribution in [0.4, 0.5) is 13.2 Å². The van der Waals surface area contributed by atoms with Crippen molar-refractivity contribution in [3.05, 3.63) is 108 Å². The van der Waals surface area contributed by atoms with Gasteiger partial charge in [-0.25, -0.2) is 0 Å². The van der Waals surface area contributed by atoms with Gasteiger partial charge in [-0.15, -0.1) is 0 Å². The van der Waals surface area contributed by atoms with Gasteiger partial charge in [0.2, 0.25) is 0 Å². The number of aliphatic hydroxyl groups is 1. The van der Waals surface area contributed by atoms with Gasteiger partial charge in [0.05, 0.1) is 12.2 Å². The number of alkyl halides is 3. The molecule has 1 aliphatic rings. The lowest BCUT2D eigenvalue weighted by molar-refractivity contribution is -0.137. The van der Waals surface area contributed by atoms with Crippen molar-refractivity contribution in [1.82, 2.24) is 0 Å². The molecule has 1 N–H and O–H groups in total. The monoisotopic (exact) mass is 512 g/mol. The maximum absolute atomic E-state index is 13.0. The summed E-state index contributed by atoms with van der Waals surface area (Å²) in [5, 5.41) is 12.7. The van der Waals surface area contributed by atoms with Crippen LogP contribution in [0.15, 0.2) is 97.1 Å². The van der Waals surface area contributed by atoms with Crippen LogP contribution in [0, 0.1) is 0 Å². The molecule has 4 rings (SSSR count). The van der Waals surface area contributed by atoms with E-state index in [2.05, 4.69) is 45.0 Å². The van der Waals surface area contributed by atoms with Crippen LogP contribution in [0.3, 0.4) is 0 Å². The zero-order chi connectivity index (χ0) is 26.0. The van der Waals surface area contributed by atoms with Crippen LogP contribution in [0.25, 0.3) is 0 Å². The third kappa shape index (κ3) is 5.34. The first-order valence-corrected chi connectivity index (χ1v) is 13.9. The Bertz CT molecular complexity index is 1120. The van der Waals surface area contributed by atoms with Gasteiger partial charge in [0.15, 0.2) is 0 Å². The average Bonchev–Trinajstić information content (AvgIpc) is 2.85. The molecule has 0 radical (unpaired) electrons. The third-order valence-corrected chi connectivity index (χ3v) is 11.6. The Morgan fingerprint density at radius 2 is 1.33 bits per heavy atom. The average molecular weight is 513 g/mol. The van der Waals surface area contributed by atoms with Crippen LogP contribution in [0.2, 0.25) is 5.04 Å². The molecule has 1 heterocycles. The first-order chi connectivity index (χ1) is 17.0. The number of halogens is 3. The summed E-state index contributed by atoms with van der Waals surface area (Å²) in [5.41, 5.74) is -0.126. The Morgan fingerprint density at radius 3 is 1.81 bits per heavy atom. The molecule has 3 aromatic carbocycles. The van der Waals surface area contributed by atoms with Crippen molar-refractivity contribution in [2.24, 2.45) is 0 Å². The van der Waals surface area contributed by atoms with E-state index in [4.69, 9.17) is 9.16 Å². The van der Waals surface area contributed by atoms with E-state index in [1.54, 1.807) is 12.2 Å². The van der Waals surface area contributed by atoms with Gasteiger partial charge in [-0.2, -0.15) is 13.2 Å². The van der Waals surface area contributed by atoms with Crippen LogP contribution in [-0.4, -0.2) is 32.2 Å². The molecule has 3 aromatic rings. The van der Waals surface area contributed by atoms with Gasteiger partial charge >= 0.3 is 6.18 Å². The fourth-order valence-electron chi connectivity index (χ4n) is 4.81. The van der Waals surface area contributed by atoms with Crippen molar-refractivity contribution < 1.29 is 27.4 Å². The second kappa shape index (κ2) is 10.3. The number of rotatable bonds is 6. The van der Waals surface area contributed by atoms with Crippen molar-refractivity contribution in [2.75, 3.05) is 6.61 Å². The molecule has 36 heavy (non-hydrogen) atoms. The summed E-state index contributed by atoms with van der Waals surface area (Å²) in [6, 6.07) is 25.3. The topological polar surface area (TPSA) is 38.7 Å². The number of hydrogen-bond acceptors (Lipinski definition) is 3. The number of benzene rings is 3. The van der Waals surface area contributed by atoms with E-state index in [1.165, 1.54) is 12.1 Å². The molecule has 0 saturated heterocycles. The fourth-order valence-corrected chi connectivity index (χ4v) is 9.38. The predicted octanol–water partition coefficient (Wildman–Crippen LogP) is 5.64. The first-order valence-electron chi connectivity index (χ1n) is 12.0. The van der Waals surface area contributed by atoms with Gasteiger partial charge < -0.3 is 14.3 Å². The molecule has 0 aliphatic carbocycles. The molecule has 7 heteroatoms. The quantitative estimate of drug-likeness (QED) is 0.343. The van der Waals surface area contributed by atoms with E-state index in [1.807, 2.05) is 36.4 Å². The lowest BCUT2D eigenvalue weighted by Gasteiger charge is -2.44. The Morgan fingerprint density at radius 1 is 0.806 bits per heavy atom. The molecule has 0 saturated carbocycles. The highest BCUT2D eigenvalue weighted by Crippen LogP contribution is 2.38. The number of ether oxygens (including phenoxy) is 1. The van der Waals surface area contributed by atoms with E-state index < -0.39 is 38.4 Å². The minimum Gasteiger partial charge on any atom is -0.405 e. The third-order valence-electron chi connectivity index (χ3n) is 6.63. The molecule has 3 atom stereocenters. The Kier molecular flexibility index (Phi) is 7.57. The zero-order valence-corrected chi connectivity index (χ0v) is 21.6. The predicted molar refractivity (Wildman–Crippen MR) is 138 cm³/mol. The second-order valence-corrected chi connectivity index (χ2v) is 14.4. The normalized spacial score (nSPS) is 20.9. The van der Waals surface area contributed by atoms with E-state index in [9.17, 15) is 18.3 Å². The van der Waals surface area contributed by atoms with Crippen molar-refractivity contribution in [3.63, 3.8) is 0 Å². The summed E-state index contributed by atoms with van der Waals surface area (Å²) >= 11 is 0. The summed E-state index contributed by atoms with van der Waals surface area (Å²) in [7, 11) is -2.83. The molecule has 0 amide bonds. The SMILES string of the molecule is CC(C)(C)[Si](OC[C@H]1O[C@H](c2ccc(C(F)(F)F)cc2)C=C[C@H]1O)(c1ccccc1)c1ccccc1. The zero-order valence-electron chi connectivity index (χ0n) is 20.6. The smallest absolute Gasteiger partial charge is 0.405 e. The molecule has 3 nitrogen and oxygen atoms in total. The van der Waals surface area contributed by atoms with Crippen LogP contribution in [0.5, 0.6) is 0 Å². The molecule has 0 fully saturated rings. The standard InChI is InChI=1S/C29H31F3O3Si/c1-28(2,3)36(23-10-6-4-7-11-23,24-12-8-5-9-13-24)34-20-27-25(33)18-19-26(35-27)21-14-16-22(17-15-21)29(30,31)32/h4-19,25-27,33H,20H2,1-3H3/t25-,26+,27-/m1/s1. The summed E-state index contributed by atoms with van der Waals surface area (Å²) in [6.07, 6.45) is -3.25. The lowest BCUT2D eigenvalue weighted by atomic mass is 10.0. The van der Waals surface area contributed by atoms with Gasteiger partial charge in [-0.05, 0) is 33.1 Å². The fraction of sp³-hybridized carbons (Fsp3) is 0.310. The van der Waals surface area contributed by atoms with Crippen LogP contribution >= 0.6 is 0 Å². The largest absolute Gasteiger partial charge is 0.416 e. The maximum atomic E-state index is 13.0. The van der Waals surface area contributed by atoms with Crippen molar-refractivity contribution in [3.8, 4) is 0 Å². The second-order valence-electron chi connectivity index (χ2n) is 10.1. The van der Waals surface area contributed by atoms with E-state index in [0.717, 1.165) is 22.5 Å². The van der Waals surface area contributed by atoms with E-state index >= 15 is 0 Å². The lowest BCUT2D eigenvalue weighted by Crippen LogP contribution is -2.67. The van der Waals surface area contributed by atoms with Gasteiger partial charge in [-0.3, -0.25) is 0 Å². The Labute approximate surface area is 211 Å². The Balaban J connectivity index is 1.62. The van der Waals surface area contributed by atoms with Gasteiger partial charge in [0.25, 0.3) is 8.32 Å². The molecule has 0 bridgehead atoms. The molecular weight excluding hydrogens is 481 g/mol. The van der Waals surface area contributed by atoms with Crippen LogP contribution in [0.1, 0.15) is 38.0 Å². The van der Waals surface area contributed by atoms with Crippen molar-refractivity contribution in [2.45, 2.75) is 50.3 Å². The summed E-state index contributed by atoms with van der Waals surface area (Å²) in [6.45, 7) is 6.64. The van der Waals surface area contributed by atoms with Crippen molar-refractivity contribution in [1.29, 1.82) is 0 Å². The highest BCUT2D eigenvalue weighted by Gasteiger charge is 2.50. The minimum atomic E-state index is -4.40. The van der Waals surface area contributed by atoms with Crippen LogP contribution < -0.4 is 10.4 Å². The maximum Gasteiger partial charge on any atom is 0.416 e. The summed E-state index contributed by atoms with van der Waals surface area (Å²) in [4.78, 5) is 0. The van der Waals surface area contributed by atoms with Crippen LogP contribution in [-0.2, 0) is 15.3 Å². The molecular formula is C29H31F3O3Si. The first kappa shape index (κ1) is 26.4.